The third kappa shape index (κ3) is 2.43. The maximum atomic E-state index is 13.0. The third-order valence-electron chi connectivity index (χ3n) is 1.59. The van der Waals surface area contributed by atoms with Crippen LogP contribution >= 0.6 is 0 Å². The highest BCUT2D eigenvalue weighted by atomic mass is 19.1. The Balaban J connectivity index is 2.89. The first kappa shape index (κ1) is 9.51. The quantitative estimate of drug-likeness (QED) is 0.755. The predicted octanol–water partition coefficient (Wildman–Crippen LogP) is 0.862. The van der Waals surface area contributed by atoms with Gasteiger partial charge >= 0.3 is 0 Å². The molecule has 0 radical (unpaired) electrons. The van der Waals surface area contributed by atoms with Crippen LogP contribution in [0.3, 0.4) is 0 Å². The molecule has 0 aliphatic rings. The molecule has 1 amide bonds. The van der Waals surface area contributed by atoms with Crippen molar-refractivity contribution in [3.63, 3.8) is 0 Å². The molecule has 70 valence electrons. The van der Waals surface area contributed by atoms with Crippen molar-refractivity contribution in [2.24, 2.45) is 5.73 Å². The van der Waals surface area contributed by atoms with Crippen LogP contribution in [-0.2, 0) is 11.2 Å². The lowest BCUT2D eigenvalue weighted by molar-refractivity contribution is -0.117. The number of hydrogen-bond donors (Lipinski definition) is 1. The van der Waals surface area contributed by atoms with Crippen molar-refractivity contribution in [2.45, 2.75) is 6.42 Å². The summed E-state index contributed by atoms with van der Waals surface area (Å²) in [4.78, 5) is 10.5. The second kappa shape index (κ2) is 3.89. The van der Waals surface area contributed by atoms with E-state index >= 15 is 0 Å². The van der Waals surface area contributed by atoms with Gasteiger partial charge in [-0.3, -0.25) is 4.79 Å². The van der Waals surface area contributed by atoms with E-state index in [1.165, 1.54) is 19.2 Å². The Morgan fingerprint density at radius 3 is 2.77 bits per heavy atom. The summed E-state index contributed by atoms with van der Waals surface area (Å²) < 4.78 is 17.7. The van der Waals surface area contributed by atoms with E-state index in [1.54, 1.807) is 6.07 Å². The van der Waals surface area contributed by atoms with Crippen LogP contribution in [0, 0.1) is 5.82 Å². The topological polar surface area (TPSA) is 52.3 Å². The number of primary amides is 1. The van der Waals surface area contributed by atoms with Crippen LogP contribution < -0.4 is 10.5 Å². The zero-order chi connectivity index (χ0) is 9.84. The molecule has 0 saturated carbocycles. The van der Waals surface area contributed by atoms with Crippen LogP contribution in [0.25, 0.3) is 0 Å². The number of hydrogen-bond acceptors (Lipinski definition) is 2. The Hall–Kier alpha value is -1.58. The van der Waals surface area contributed by atoms with Gasteiger partial charge in [-0.2, -0.15) is 0 Å². The molecule has 0 fully saturated rings. The van der Waals surface area contributed by atoms with E-state index in [2.05, 4.69) is 0 Å². The van der Waals surface area contributed by atoms with Gasteiger partial charge in [0.1, 0.15) is 0 Å². The highest BCUT2D eigenvalue weighted by Gasteiger charge is 2.04. The van der Waals surface area contributed by atoms with E-state index in [1.807, 2.05) is 0 Å². The first-order chi connectivity index (χ1) is 6.13. The molecule has 0 heterocycles. The summed E-state index contributed by atoms with van der Waals surface area (Å²) in [6.07, 6.45) is 0.0426. The molecule has 0 atom stereocenters. The highest BCUT2D eigenvalue weighted by Crippen LogP contribution is 2.17. The van der Waals surface area contributed by atoms with Gasteiger partial charge in [-0.15, -0.1) is 0 Å². The summed E-state index contributed by atoms with van der Waals surface area (Å²) in [5.74, 6) is -0.806. The highest BCUT2D eigenvalue weighted by molar-refractivity contribution is 5.76. The fourth-order valence-electron chi connectivity index (χ4n) is 1.02. The summed E-state index contributed by atoms with van der Waals surface area (Å²) in [5.41, 5.74) is 5.50. The monoisotopic (exact) mass is 183 g/mol. The maximum Gasteiger partial charge on any atom is 0.221 e. The van der Waals surface area contributed by atoms with Crippen molar-refractivity contribution in [2.75, 3.05) is 7.11 Å². The lowest BCUT2D eigenvalue weighted by atomic mass is 10.1. The summed E-state index contributed by atoms with van der Waals surface area (Å²) in [6.45, 7) is 0. The molecular weight excluding hydrogens is 173 g/mol. The van der Waals surface area contributed by atoms with Crippen molar-refractivity contribution in [3.05, 3.63) is 29.6 Å². The molecule has 0 aliphatic carbocycles. The second-order valence-electron chi connectivity index (χ2n) is 2.61. The number of amides is 1. The number of benzene rings is 1. The Morgan fingerprint density at radius 2 is 2.31 bits per heavy atom. The fourth-order valence-corrected chi connectivity index (χ4v) is 1.02. The molecule has 4 heteroatoms. The minimum Gasteiger partial charge on any atom is -0.494 e. The second-order valence-corrected chi connectivity index (χ2v) is 2.61. The fraction of sp³-hybridized carbons (Fsp3) is 0.222. The molecule has 0 unspecified atom stereocenters. The van der Waals surface area contributed by atoms with Gasteiger partial charge in [-0.25, -0.2) is 4.39 Å². The van der Waals surface area contributed by atoms with Crippen molar-refractivity contribution in [1.82, 2.24) is 0 Å². The molecule has 2 N–H and O–H groups in total. The van der Waals surface area contributed by atoms with Gasteiger partial charge in [-0.05, 0) is 17.7 Å². The summed E-state index contributed by atoms with van der Waals surface area (Å²) in [7, 11) is 1.38. The molecule has 1 aromatic rings. The van der Waals surface area contributed by atoms with Crippen LogP contribution in [0.5, 0.6) is 5.75 Å². The molecule has 0 spiro atoms. The SMILES string of the molecule is COc1ccc(CC(N)=O)cc1F. The van der Waals surface area contributed by atoms with E-state index in [-0.39, 0.29) is 12.2 Å². The molecular formula is C9H10FNO2. The predicted molar refractivity (Wildman–Crippen MR) is 45.9 cm³/mol. The van der Waals surface area contributed by atoms with Gasteiger partial charge < -0.3 is 10.5 Å². The number of halogens is 1. The number of carbonyl (C=O) groups is 1. The lowest BCUT2D eigenvalue weighted by Gasteiger charge is -2.03. The van der Waals surface area contributed by atoms with Gasteiger partial charge in [0, 0.05) is 0 Å². The zero-order valence-corrected chi connectivity index (χ0v) is 7.21. The van der Waals surface area contributed by atoms with Crippen molar-refractivity contribution >= 4 is 5.91 Å². The largest absolute Gasteiger partial charge is 0.494 e. The van der Waals surface area contributed by atoms with Gasteiger partial charge in [0.15, 0.2) is 11.6 Å². The van der Waals surface area contributed by atoms with Gasteiger partial charge in [0.25, 0.3) is 0 Å². The Morgan fingerprint density at radius 1 is 1.62 bits per heavy atom. The number of rotatable bonds is 3. The Bertz CT molecular complexity index is 325. The molecule has 0 aromatic heterocycles. The first-order valence-electron chi connectivity index (χ1n) is 3.74. The number of nitrogens with two attached hydrogens (primary N) is 1. The van der Waals surface area contributed by atoms with Crippen molar-refractivity contribution < 1.29 is 13.9 Å². The molecule has 1 aromatic carbocycles. The normalized spacial score (nSPS) is 9.69. The summed E-state index contributed by atoms with van der Waals surface area (Å²) >= 11 is 0. The van der Waals surface area contributed by atoms with Gasteiger partial charge in [0.2, 0.25) is 5.91 Å². The van der Waals surface area contributed by atoms with E-state index in [4.69, 9.17) is 10.5 Å². The van der Waals surface area contributed by atoms with Crippen LogP contribution in [0.1, 0.15) is 5.56 Å². The van der Waals surface area contributed by atoms with Crippen molar-refractivity contribution in [3.8, 4) is 5.75 Å². The molecule has 0 bridgehead atoms. The molecule has 13 heavy (non-hydrogen) atoms. The van der Waals surface area contributed by atoms with Gasteiger partial charge in [-0.1, -0.05) is 6.07 Å². The smallest absolute Gasteiger partial charge is 0.221 e. The van der Waals surface area contributed by atoms with Gasteiger partial charge in [0.05, 0.1) is 13.5 Å². The molecule has 0 aliphatic heterocycles. The average molecular weight is 183 g/mol. The molecule has 3 nitrogen and oxygen atoms in total. The van der Waals surface area contributed by atoms with E-state index in [9.17, 15) is 9.18 Å². The van der Waals surface area contributed by atoms with Crippen LogP contribution in [0.4, 0.5) is 4.39 Å². The lowest BCUT2D eigenvalue weighted by Crippen LogP contribution is -2.13. The Kier molecular flexibility index (Phi) is 2.84. The first-order valence-corrected chi connectivity index (χ1v) is 3.74. The number of methoxy groups -OCH3 is 1. The molecule has 1 rings (SSSR count). The average Bonchev–Trinajstić information content (AvgIpc) is 2.03. The number of ether oxygens (including phenoxy) is 1. The van der Waals surface area contributed by atoms with Crippen LogP contribution in [0.2, 0.25) is 0 Å². The van der Waals surface area contributed by atoms with Crippen LogP contribution in [0.15, 0.2) is 18.2 Å². The minimum atomic E-state index is -0.485. The number of carbonyl (C=O) groups excluding carboxylic acids is 1. The third-order valence-corrected chi connectivity index (χ3v) is 1.59. The van der Waals surface area contributed by atoms with E-state index in [0.29, 0.717) is 5.56 Å². The van der Waals surface area contributed by atoms with E-state index < -0.39 is 11.7 Å². The zero-order valence-electron chi connectivity index (χ0n) is 7.21. The van der Waals surface area contributed by atoms with Crippen molar-refractivity contribution in [1.29, 1.82) is 0 Å². The minimum absolute atomic E-state index is 0.0426. The standard InChI is InChI=1S/C9H10FNO2/c1-13-8-3-2-6(4-7(8)10)5-9(11)12/h2-4H,5H2,1H3,(H2,11,12). The summed E-state index contributed by atoms with van der Waals surface area (Å²) in [5, 5.41) is 0. The van der Waals surface area contributed by atoms with E-state index in [0.717, 1.165) is 0 Å². The summed E-state index contributed by atoms with van der Waals surface area (Å²) in [6, 6.07) is 4.31. The Labute approximate surface area is 75.3 Å². The molecule has 0 saturated heterocycles. The maximum absolute atomic E-state index is 13.0. The van der Waals surface area contributed by atoms with Crippen LogP contribution in [-0.4, -0.2) is 13.0 Å².